The van der Waals surface area contributed by atoms with Crippen molar-refractivity contribution in [2.75, 3.05) is 6.54 Å². The molecule has 17 heavy (non-hydrogen) atoms. The normalized spacial score (nSPS) is 12.6. The van der Waals surface area contributed by atoms with Crippen LogP contribution < -0.4 is 5.32 Å². The summed E-state index contributed by atoms with van der Waals surface area (Å²) in [6, 6.07) is 6.64. The Morgan fingerprint density at radius 3 is 2.94 bits per heavy atom. The summed E-state index contributed by atoms with van der Waals surface area (Å²) < 4.78 is 13.1. The van der Waals surface area contributed by atoms with E-state index < -0.39 is 5.82 Å². The van der Waals surface area contributed by atoms with E-state index in [4.69, 9.17) is 5.26 Å². The van der Waals surface area contributed by atoms with E-state index in [0.29, 0.717) is 0 Å². The number of nitrogens with one attached hydrogen (secondary N) is 1. The molecule has 2 nitrogen and oxygen atoms in total. The fraction of sp³-hybridized carbons (Fsp3) is 0.357. The first-order valence-corrected chi connectivity index (χ1v) is 5.78. The number of hydrogen-bond donors (Lipinski definition) is 1. The van der Waals surface area contributed by atoms with E-state index in [-0.39, 0.29) is 11.6 Å². The third-order valence-electron chi connectivity index (χ3n) is 2.40. The quantitative estimate of drug-likeness (QED) is 0.846. The van der Waals surface area contributed by atoms with E-state index in [1.807, 2.05) is 18.2 Å². The van der Waals surface area contributed by atoms with Gasteiger partial charge in [0.25, 0.3) is 0 Å². The van der Waals surface area contributed by atoms with Gasteiger partial charge in [-0.1, -0.05) is 25.1 Å². The molecule has 1 rings (SSSR count). The van der Waals surface area contributed by atoms with Crippen LogP contribution in [0, 0.1) is 17.1 Å². The zero-order valence-electron chi connectivity index (χ0n) is 10.2. The van der Waals surface area contributed by atoms with E-state index >= 15 is 0 Å². The van der Waals surface area contributed by atoms with Gasteiger partial charge in [-0.05, 0) is 37.6 Å². The average molecular weight is 232 g/mol. The molecule has 0 aliphatic carbocycles. The van der Waals surface area contributed by atoms with Crippen LogP contribution in [-0.2, 0) is 0 Å². The summed E-state index contributed by atoms with van der Waals surface area (Å²) in [5.41, 5.74) is 0.925. The van der Waals surface area contributed by atoms with Gasteiger partial charge in [0, 0.05) is 6.04 Å². The Bertz CT molecular complexity index is 432. The Balaban J connectivity index is 2.69. The molecule has 1 unspecified atom stereocenters. The maximum absolute atomic E-state index is 13.1. The molecule has 3 heteroatoms. The van der Waals surface area contributed by atoms with Gasteiger partial charge in [-0.15, -0.1) is 0 Å². The topological polar surface area (TPSA) is 35.8 Å². The SMILES string of the molecule is CCCNC(C)/C=C/c1ccc(F)c(C#N)c1. The molecule has 0 bridgehead atoms. The summed E-state index contributed by atoms with van der Waals surface area (Å²) in [5, 5.41) is 12.0. The van der Waals surface area contributed by atoms with Crippen LogP contribution in [0.25, 0.3) is 6.08 Å². The van der Waals surface area contributed by atoms with Gasteiger partial charge in [0.05, 0.1) is 5.56 Å². The first kappa shape index (κ1) is 13.4. The number of halogens is 1. The van der Waals surface area contributed by atoms with Crippen molar-refractivity contribution >= 4 is 6.08 Å². The monoisotopic (exact) mass is 232 g/mol. The van der Waals surface area contributed by atoms with Crippen LogP contribution in [0.2, 0.25) is 0 Å². The van der Waals surface area contributed by atoms with Crippen LogP contribution in [0.3, 0.4) is 0 Å². The Kier molecular flexibility index (Phi) is 5.38. The predicted octanol–water partition coefficient (Wildman–Crippen LogP) is 3.10. The molecule has 1 aromatic carbocycles. The summed E-state index contributed by atoms with van der Waals surface area (Å²) in [6.45, 7) is 5.14. The van der Waals surface area contributed by atoms with Gasteiger partial charge < -0.3 is 5.32 Å². The lowest BCUT2D eigenvalue weighted by Gasteiger charge is -2.07. The molecule has 0 saturated heterocycles. The van der Waals surface area contributed by atoms with Gasteiger partial charge in [-0.25, -0.2) is 4.39 Å². The third kappa shape index (κ3) is 4.38. The van der Waals surface area contributed by atoms with Gasteiger partial charge in [0.2, 0.25) is 0 Å². The molecule has 1 N–H and O–H groups in total. The highest BCUT2D eigenvalue weighted by molar-refractivity contribution is 5.53. The Hall–Kier alpha value is -1.66. The van der Waals surface area contributed by atoms with E-state index in [0.717, 1.165) is 18.5 Å². The Morgan fingerprint density at radius 2 is 2.29 bits per heavy atom. The number of rotatable bonds is 5. The smallest absolute Gasteiger partial charge is 0.140 e. The minimum Gasteiger partial charge on any atom is -0.311 e. The largest absolute Gasteiger partial charge is 0.311 e. The average Bonchev–Trinajstić information content (AvgIpc) is 2.35. The van der Waals surface area contributed by atoms with Gasteiger partial charge >= 0.3 is 0 Å². The number of hydrogen-bond acceptors (Lipinski definition) is 2. The lowest BCUT2D eigenvalue weighted by Crippen LogP contribution is -2.24. The highest BCUT2D eigenvalue weighted by Gasteiger charge is 2.01. The maximum atomic E-state index is 13.1. The van der Waals surface area contributed by atoms with Crippen molar-refractivity contribution in [1.82, 2.24) is 5.32 Å². The molecule has 0 spiro atoms. The van der Waals surface area contributed by atoms with E-state index in [1.165, 1.54) is 6.07 Å². The van der Waals surface area contributed by atoms with Crippen molar-refractivity contribution in [3.8, 4) is 6.07 Å². The summed E-state index contributed by atoms with van der Waals surface area (Å²) in [4.78, 5) is 0. The van der Waals surface area contributed by atoms with Gasteiger partial charge in [0.1, 0.15) is 11.9 Å². The second kappa shape index (κ2) is 6.82. The molecule has 0 radical (unpaired) electrons. The van der Waals surface area contributed by atoms with Crippen molar-refractivity contribution in [2.45, 2.75) is 26.3 Å². The van der Waals surface area contributed by atoms with Crippen LogP contribution in [0.15, 0.2) is 24.3 Å². The van der Waals surface area contributed by atoms with E-state index in [1.54, 1.807) is 12.1 Å². The second-order valence-electron chi connectivity index (χ2n) is 3.95. The zero-order chi connectivity index (χ0) is 12.7. The van der Waals surface area contributed by atoms with E-state index in [9.17, 15) is 4.39 Å². The van der Waals surface area contributed by atoms with Crippen molar-refractivity contribution < 1.29 is 4.39 Å². The molecule has 0 aliphatic rings. The number of benzene rings is 1. The van der Waals surface area contributed by atoms with Crippen LogP contribution in [0.4, 0.5) is 4.39 Å². The van der Waals surface area contributed by atoms with Crippen molar-refractivity contribution in [3.05, 3.63) is 41.2 Å². The first-order valence-electron chi connectivity index (χ1n) is 5.78. The lowest BCUT2D eigenvalue weighted by atomic mass is 10.1. The molecule has 0 amide bonds. The number of nitrogens with zero attached hydrogens (tertiary/aromatic N) is 1. The predicted molar refractivity (Wildman–Crippen MR) is 67.9 cm³/mol. The first-order chi connectivity index (χ1) is 8.17. The summed E-state index contributed by atoms with van der Waals surface area (Å²) in [5.74, 6) is -0.471. The Morgan fingerprint density at radius 1 is 1.53 bits per heavy atom. The molecule has 1 aromatic rings. The molecule has 0 aliphatic heterocycles. The minimum absolute atomic E-state index is 0.0846. The summed E-state index contributed by atoms with van der Waals surface area (Å²) in [6.07, 6.45) is 4.99. The van der Waals surface area contributed by atoms with E-state index in [2.05, 4.69) is 19.2 Å². The summed E-state index contributed by atoms with van der Waals surface area (Å²) in [7, 11) is 0. The molecule has 90 valence electrons. The van der Waals surface area contributed by atoms with Crippen molar-refractivity contribution in [1.29, 1.82) is 5.26 Å². The van der Waals surface area contributed by atoms with Crippen molar-refractivity contribution in [2.24, 2.45) is 0 Å². The minimum atomic E-state index is -0.471. The van der Waals surface area contributed by atoms with Gasteiger partial charge in [0.15, 0.2) is 0 Å². The van der Waals surface area contributed by atoms with Crippen molar-refractivity contribution in [3.63, 3.8) is 0 Å². The zero-order valence-corrected chi connectivity index (χ0v) is 10.2. The molecule has 0 heterocycles. The highest BCUT2D eigenvalue weighted by atomic mass is 19.1. The standard InChI is InChI=1S/C14H17FN2/c1-3-8-17-11(2)4-5-12-6-7-14(15)13(9-12)10-16/h4-7,9,11,17H,3,8H2,1-2H3/b5-4+. The highest BCUT2D eigenvalue weighted by Crippen LogP contribution is 2.11. The molecule has 1 atom stereocenters. The van der Waals surface area contributed by atoms with Crippen LogP contribution in [0.5, 0.6) is 0 Å². The maximum Gasteiger partial charge on any atom is 0.140 e. The summed E-state index contributed by atoms with van der Waals surface area (Å²) >= 11 is 0. The third-order valence-corrected chi connectivity index (χ3v) is 2.40. The second-order valence-corrected chi connectivity index (χ2v) is 3.95. The Labute approximate surface area is 102 Å². The van der Waals surface area contributed by atoms with Gasteiger partial charge in [-0.3, -0.25) is 0 Å². The number of nitriles is 1. The fourth-order valence-electron chi connectivity index (χ4n) is 1.43. The van der Waals surface area contributed by atoms with Crippen LogP contribution in [0.1, 0.15) is 31.4 Å². The fourth-order valence-corrected chi connectivity index (χ4v) is 1.43. The van der Waals surface area contributed by atoms with Gasteiger partial charge in [-0.2, -0.15) is 5.26 Å². The molecular formula is C14H17FN2. The molecule has 0 fully saturated rings. The molecule has 0 saturated carbocycles. The lowest BCUT2D eigenvalue weighted by molar-refractivity contribution is 0.623. The molecular weight excluding hydrogens is 215 g/mol. The van der Waals surface area contributed by atoms with Crippen LogP contribution in [-0.4, -0.2) is 12.6 Å². The van der Waals surface area contributed by atoms with Crippen LogP contribution >= 0.6 is 0 Å². The molecule has 0 aromatic heterocycles.